The number of amides is 1. The number of benzene rings is 1. The van der Waals surface area contributed by atoms with Crippen LogP contribution in [0.25, 0.3) is 11.0 Å². The van der Waals surface area contributed by atoms with Crippen LogP contribution in [0, 0.1) is 0 Å². The molecule has 1 amide bonds. The minimum Gasteiger partial charge on any atom is -0.508 e. The van der Waals surface area contributed by atoms with Crippen LogP contribution in [0.2, 0.25) is 0 Å². The third-order valence-corrected chi connectivity index (χ3v) is 3.01. The van der Waals surface area contributed by atoms with Crippen molar-refractivity contribution in [2.24, 2.45) is 0 Å². The van der Waals surface area contributed by atoms with Crippen LogP contribution in [0.15, 0.2) is 42.6 Å². The number of H-pyrrole nitrogens is 1. The zero-order valence-corrected chi connectivity index (χ0v) is 10.8. The Hall–Kier alpha value is -3.15. The lowest BCUT2D eigenvalue weighted by Crippen LogP contribution is -2.11. The number of aromatic hydroxyl groups is 1. The SMILES string of the molecule is O=Cc1cc2cc(NC(=O)c3ccc(O)cc3)cnc2[nH]1. The molecule has 3 N–H and O–H groups in total. The molecule has 0 bridgehead atoms. The summed E-state index contributed by atoms with van der Waals surface area (Å²) in [5, 5.41) is 12.6. The van der Waals surface area contributed by atoms with Gasteiger partial charge in [-0.25, -0.2) is 4.98 Å². The van der Waals surface area contributed by atoms with Crippen molar-refractivity contribution in [2.75, 3.05) is 5.32 Å². The smallest absolute Gasteiger partial charge is 0.255 e. The highest BCUT2D eigenvalue weighted by molar-refractivity contribution is 6.05. The second kappa shape index (κ2) is 5.09. The van der Waals surface area contributed by atoms with E-state index in [1.54, 1.807) is 12.1 Å². The van der Waals surface area contributed by atoms with E-state index in [2.05, 4.69) is 15.3 Å². The molecule has 0 radical (unpaired) electrons. The molecule has 21 heavy (non-hydrogen) atoms. The van der Waals surface area contributed by atoms with Crippen molar-refractivity contribution in [1.29, 1.82) is 0 Å². The summed E-state index contributed by atoms with van der Waals surface area (Å²) in [6.07, 6.45) is 2.21. The predicted molar refractivity (Wildman–Crippen MR) is 77.5 cm³/mol. The second-order valence-electron chi connectivity index (χ2n) is 4.51. The van der Waals surface area contributed by atoms with Crippen LogP contribution < -0.4 is 5.32 Å². The maximum absolute atomic E-state index is 12.0. The van der Waals surface area contributed by atoms with E-state index in [0.29, 0.717) is 28.9 Å². The van der Waals surface area contributed by atoms with Crippen molar-refractivity contribution < 1.29 is 14.7 Å². The number of nitrogens with one attached hydrogen (secondary N) is 2. The molecule has 2 aromatic heterocycles. The molecule has 6 nitrogen and oxygen atoms in total. The van der Waals surface area contributed by atoms with E-state index in [4.69, 9.17) is 0 Å². The number of aromatic amines is 1. The Bertz CT molecular complexity index is 822. The van der Waals surface area contributed by atoms with Crippen LogP contribution in [-0.4, -0.2) is 27.3 Å². The first-order valence-electron chi connectivity index (χ1n) is 6.20. The fourth-order valence-corrected chi connectivity index (χ4v) is 1.98. The van der Waals surface area contributed by atoms with Crippen LogP contribution in [0.4, 0.5) is 5.69 Å². The highest BCUT2D eigenvalue weighted by Crippen LogP contribution is 2.18. The number of hydrogen-bond acceptors (Lipinski definition) is 4. The number of phenolic OH excluding ortho intramolecular Hbond substituents is 1. The van der Waals surface area contributed by atoms with Gasteiger partial charge in [0.1, 0.15) is 11.4 Å². The van der Waals surface area contributed by atoms with E-state index >= 15 is 0 Å². The molecular formula is C15H11N3O3. The number of hydrogen-bond donors (Lipinski definition) is 3. The number of rotatable bonds is 3. The Morgan fingerprint density at radius 1 is 1.24 bits per heavy atom. The number of pyridine rings is 1. The van der Waals surface area contributed by atoms with Crippen LogP contribution in [0.5, 0.6) is 5.75 Å². The number of fused-ring (bicyclic) bond motifs is 1. The van der Waals surface area contributed by atoms with Crippen LogP contribution in [-0.2, 0) is 0 Å². The predicted octanol–water partition coefficient (Wildman–Crippen LogP) is 2.33. The first kappa shape index (κ1) is 12.9. The van der Waals surface area contributed by atoms with Gasteiger partial charge in [-0.2, -0.15) is 0 Å². The van der Waals surface area contributed by atoms with Gasteiger partial charge < -0.3 is 15.4 Å². The Kier molecular flexibility index (Phi) is 3.12. The molecule has 0 saturated carbocycles. The molecule has 0 atom stereocenters. The molecule has 0 unspecified atom stereocenters. The molecule has 104 valence electrons. The van der Waals surface area contributed by atoms with Gasteiger partial charge in [0, 0.05) is 10.9 Å². The zero-order valence-electron chi connectivity index (χ0n) is 10.8. The molecule has 6 heteroatoms. The Morgan fingerprint density at radius 3 is 2.71 bits per heavy atom. The highest BCUT2D eigenvalue weighted by Gasteiger charge is 2.08. The minimum atomic E-state index is -0.303. The lowest BCUT2D eigenvalue weighted by atomic mass is 10.2. The van der Waals surface area contributed by atoms with Gasteiger partial charge in [0.2, 0.25) is 0 Å². The molecule has 0 aliphatic carbocycles. The van der Waals surface area contributed by atoms with Crippen LogP contribution in [0.3, 0.4) is 0 Å². The summed E-state index contributed by atoms with van der Waals surface area (Å²) in [4.78, 5) is 29.7. The van der Waals surface area contributed by atoms with E-state index in [9.17, 15) is 14.7 Å². The topological polar surface area (TPSA) is 95.1 Å². The van der Waals surface area contributed by atoms with Gasteiger partial charge in [-0.05, 0) is 36.4 Å². The molecule has 0 aliphatic heterocycles. The molecule has 0 spiro atoms. The zero-order chi connectivity index (χ0) is 14.8. The maximum Gasteiger partial charge on any atom is 0.255 e. The summed E-state index contributed by atoms with van der Waals surface area (Å²) in [6.45, 7) is 0. The third-order valence-electron chi connectivity index (χ3n) is 3.01. The Morgan fingerprint density at radius 2 is 2.00 bits per heavy atom. The summed E-state index contributed by atoms with van der Waals surface area (Å²) in [6, 6.07) is 9.32. The summed E-state index contributed by atoms with van der Waals surface area (Å²) >= 11 is 0. The average Bonchev–Trinajstić information content (AvgIpc) is 2.90. The summed E-state index contributed by atoms with van der Waals surface area (Å²) in [7, 11) is 0. The minimum absolute atomic E-state index is 0.100. The first-order valence-corrected chi connectivity index (χ1v) is 6.20. The van der Waals surface area contributed by atoms with Gasteiger partial charge in [-0.3, -0.25) is 9.59 Å². The van der Waals surface area contributed by atoms with Gasteiger partial charge >= 0.3 is 0 Å². The van der Waals surface area contributed by atoms with Gasteiger partial charge in [-0.15, -0.1) is 0 Å². The number of anilines is 1. The summed E-state index contributed by atoms with van der Waals surface area (Å²) in [5.41, 5.74) is 1.96. The van der Waals surface area contributed by atoms with Crippen molar-refractivity contribution in [2.45, 2.75) is 0 Å². The number of aromatic nitrogens is 2. The standard InChI is InChI=1S/C15H11N3O3/c19-8-12-6-10-5-11(7-16-14(10)17-12)18-15(21)9-1-3-13(20)4-2-9/h1-8,20H,(H,16,17)(H,18,21). The van der Waals surface area contributed by atoms with Crippen molar-refractivity contribution in [1.82, 2.24) is 9.97 Å². The monoisotopic (exact) mass is 281 g/mol. The number of carbonyl (C=O) groups is 2. The molecular weight excluding hydrogens is 270 g/mol. The average molecular weight is 281 g/mol. The number of phenols is 1. The summed E-state index contributed by atoms with van der Waals surface area (Å²) in [5.74, 6) is -0.203. The van der Waals surface area contributed by atoms with E-state index in [0.717, 1.165) is 5.39 Å². The Labute approximate surface area is 119 Å². The molecule has 1 aromatic carbocycles. The normalized spacial score (nSPS) is 10.5. The number of carbonyl (C=O) groups excluding carboxylic acids is 2. The lowest BCUT2D eigenvalue weighted by molar-refractivity contribution is 0.102. The fraction of sp³-hybridized carbons (Fsp3) is 0. The van der Waals surface area contributed by atoms with Gasteiger partial charge in [0.25, 0.3) is 5.91 Å². The van der Waals surface area contributed by atoms with Crippen molar-refractivity contribution >= 4 is 28.9 Å². The molecule has 0 aliphatic rings. The van der Waals surface area contributed by atoms with Crippen molar-refractivity contribution in [3.63, 3.8) is 0 Å². The van der Waals surface area contributed by atoms with Gasteiger partial charge in [0.05, 0.1) is 17.6 Å². The van der Waals surface area contributed by atoms with Crippen molar-refractivity contribution in [3.05, 3.63) is 53.9 Å². The van der Waals surface area contributed by atoms with E-state index < -0.39 is 0 Å². The van der Waals surface area contributed by atoms with Crippen LogP contribution in [0.1, 0.15) is 20.8 Å². The fourth-order valence-electron chi connectivity index (χ4n) is 1.98. The molecule has 3 rings (SSSR count). The van der Waals surface area contributed by atoms with Gasteiger partial charge in [-0.1, -0.05) is 0 Å². The molecule has 3 aromatic rings. The van der Waals surface area contributed by atoms with Crippen LogP contribution >= 0.6 is 0 Å². The number of nitrogens with zero attached hydrogens (tertiary/aromatic N) is 1. The molecule has 0 fully saturated rings. The third kappa shape index (κ3) is 2.59. The lowest BCUT2D eigenvalue weighted by Gasteiger charge is -2.05. The highest BCUT2D eigenvalue weighted by atomic mass is 16.3. The Balaban J connectivity index is 1.85. The largest absolute Gasteiger partial charge is 0.508 e. The van der Waals surface area contributed by atoms with E-state index in [1.807, 2.05) is 0 Å². The van der Waals surface area contributed by atoms with Gasteiger partial charge in [0.15, 0.2) is 6.29 Å². The first-order chi connectivity index (χ1) is 10.2. The number of aldehydes is 1. The molecule has 0 saturated heterocycles. The quantitative estimate of drug-likeness (QED) is 0.642. The summed E-state index contributed by atoms with van der Waals surface area (Å²) < 4.78 is 0. The molecule has 2 heterocycles. The second-order valence-corrected chi connectivity index (χ2v) is 4.51. The van der Waals surface area contributed by atoms with E-state index in [-0.39, 0.29) is 11.7 Å². The van der Waals surface area contributed by atoms with Crippen molar-refractivity contribution in [3.8, 4) is 5.75 Å². The maximum atomic E-state index is 12.0. The van der Waals surface area contributed by atoms with E-state index in [1.165, 1.54) is 30.5 Å².